The van der Waals surface area contributed by atoms with Crippen LogP contribution in [0.5, 0.6) is 0 Å². The van der Waals surface area contributed by atoms with Gasteiger partial charge >= 0.3 is 5.97 Å². The number of nitrogens with one attached hydrogen (secondary N) is 2. The van der Waals surface area contributed by atoms with E-state index in [0.29, 0.717) is 18.7 Å². The minimum absolute atomic E-state index is 0.0578. The number of hydrogen-bond acceptors (Lipinski definition) is 5. The van der Waals surface area contributed by atoms with Crippen molar-refractivity contribution in [2.24, 2.45) is 0 Å². The predicted molar refractivity (Wildman–Crippen MR) is 79.5 cm³/mol. The van der Waals surface area contributed by atoms with Crippen LogP contribution in [-0.2, 0) is 22.4 Å². The smallest absolute Gasteiger partial charge is 0.323 e. The molecule has 3 rings (SSSR count). The summed E-state index contributed by atoms with van der Waals surface area (Å²) in [6, 6.07) is -0.346. The Labute approximate surface area is 129 Å². The number of nitrogens with zero attached hydrogens (tertiary/aromatic N) is 2. The molecule has 0 unspecified atom stereocenters. The van der Waals surface area contributed by atoms with Crippen LogP contribution in [0.2, 0.25) is 0 Å². The molecule has 0 radical (unpaired) electrons. The van der Waals surface area contributed by atoms with E-state index in [1.807, 2.05) is 11.9 Å². The number of carbonyl (C=O) groups excluding carboxylic acids is 2. The summed E-state index contributed by atoms with van der Waals surface area (Å²) in [5.41, 5.74) is 2.66. The van der Waals surface area contributed by atoms with E-state index in [1.165, 1.54) is 7.11 Å². The number of fused-ring (bicyclic) bond motifs is 1. The Kier molecular flexibility index (Phi) is 4.15. The van der Waals surface area contributed by atoms with E-state index < -0.39 is 0 Å². The van der Waals surface area contributed by atoms with Crippen LogP contribution in [0.15, 0.2) is 0 Å². The SMILES string of the molecule is COC(=O)[C@@H]1C[C@@H](NC(=O)c2n[nH]c3c2CCCC3)CN1C. The molecular weight excluding hydrogens is 284 g/mol. The van der Waals surface area contributed by atoms with Gasteiger partial charge in [-0.1, -0.05) is 0 Å². The van der Waals surface area contributed by atoms with E-state index in [9.17, 15) is 9.59 Å². The Balaban J connectivity index is 1.65. The van der Waals surface area contributed by atoms with Crippen LogP contribution >= 0.6 is 0 Å². The monoisotopic (exact) mass is 306 g/mol. The van der Waals surface area contributed by atoms with Crippen molar-refractivity contribution < 1.29 is 14.3 Å². The largest absolute Gasteiger partial charge is 0.468 e. The van der Waals surface area contributed by atoms with Gasteiger partial charge in [-0.25, -0.2) is 0 Å². The van der Waals surface area contributed by atoms with E-state index in [0.717, 1.165) is 36.9 Å². The summed E-state index contributed by atoms with van der Waals surface area (Å²) in [4.78, 5) is 26.1. The summed E-state index contributed by atoms with van der Waals surface area (Å²) in [7, 11) is 3.25. The summed E-state index contributed by atoms with van der Waals surface area (Å²) in [6.07, 6.45) is 4.69. The number of ether oxygens (including phenoxy) is 1. The zero-order chi connectivity index (χ0) is 15.7. The molecule has 2 N–H and O–H groups in total. The van der Waals surface area contributed by atoms with E-state index in [2.05, 4.69) is 15.5 Å². The topological polar surface area (TPSA) is 87.3 Å². The van der Waals surface area contributed by atoms with Crippen molar-refractivity contribution in [2.75, 3.05) is 20.7 Å². The van der Waals surface area contributed by atoms with Gasteiger partial charge in [0.2, 0.25) is 0 Å². The molecule has 0 aromatic carbocycles. The molecule has 22 heavy (non-hydrogen) atoms. The van der Waals surface area contributed by atoms with E-state index in [1.54, 1.807) is 0 Å². The van der Waals surface area contributed by atoms with Gasteiger partial charge in [-0.05, 0) is 39.2 Å². The summed E-state index contributed by atoms with van der Waals surface area (Å²) < 4.78 is 4.79. The second kappa shape index (κ2) is 6.08. The maximum Gasteiger partial charge on any atom is 0.323 e. The zero-order valence-electron chi connectivity index (χ0n) is 13.0. The number of likely N-dealkylation sites (tertiary alicyclic amines) is 1. The predicted octanol–water partition coefficient (Wildman–Crippen LogP) is 0.264. The lowest BCUT2D eigenvalue weighted by atomic mass is 9.95. The number of amides is 1. The molecule has 1 aliphatic carbocycles. The van der Waals surface area contributed by atoms with Gasteiger partial charge in [-0.2, -0.15) is 5.10 Å². The second-order valence-corrected chi connectivity index (χ2v) is 6.12. The normalized spacial score (nSPS) is 24.8. The van der Waals surface area contributed by atoms with Crippen LogP contribution in [0.1, 0.15) is 41.0 Å². The Morgan fingerprint density at radius 2 is 2.14 bits per heavy atom. The third-order valence-electron chi connectivity index (χ3n) is 4.63. The van der Waals surface area contributed by atoms with Crippen molar-refractivity contribution in [1.29, 1.82) is 0 Å². The molecule has 2 heterocycles. The summed E-state index contributed by atoms with van der Waals surface area (Å²) in [5.74, 6) is -0.403. The van der Waals surface area contributed by atoms with Gasteiger partial charge in [0.15, 0.2) is 5.69 Å². The van der Waals surface area contributed by atoms with E-state index in [-0.39, 0.29) is 24.0 Å². The molecule has 0 saturated carbocycles. The fourth-order valence-corrected chi connectivity index (χ4v) is 3.44. The molecule has 0 bridgehead atoms. The van der Waals surface area contributed by atoms with Crippen LogP contribution < -0.4 is 5.32 Å². The lowest BCUT2D eigenvalue weighted by molar-refractivity contribution is -0.145. The maximum atomic E-state index is 12.5. The van der Waals surface area contributed by atoms with Crippen LogP contribution in [0, 0.1) is 0 Å². The molecule has 1 saturated heterocycles. The summed E-state index contributed by atoms with van der Waals surface area (Å²) in [6.45, 7) is 0.637. The highest BCUT2D eigenvalue weighted by Crippen LogP contribution is 2.23. The van der Waals surface area contributed by atoms with Gasteiger partial charge < -0.3 is 10.1 Å². The van der Waals surface area contributed by atoms with E-state index >= 15 is 0 Å². The van der Waals surface area contributed by atoms with Crippen molar-refractivity contribution in [3.63, 3.8) is 0 Å². The van der Waals surface area contributed by atoms with Gasteiger partial charge in [0.25, 0.3) is 5.91 Å². The van der Waals surface area contributed by atoms with Gasteiger partial charge in [0, 0.05) is 23.8 Å². The highest BCUT2D eigenvalue weighted by Gasteiger charge is 2.36. The summed E-state index contributed by atoms with van der Waals surface area (Å²) in [5, 5.41) is 10.2. The number of likely N-dealkylation sites (N-methyl/N-ethyl adjacent to an activating group) is 1. The number of esters is 1. The van der Waals surface area contributed by atoms with Crippen LogP contribution in [0.4, 0.5) is 0 Å². The molecule has 1 fully saturated rings. The molecule has 7 heteroatoms. The molecule has 2 aliphatic rings. The fourth-order valence-electron chi connectivity index (χ4n) is 3.44. The molecule has 1 aromatic heterocycles. The quantitative estimate of drug-likeness (QED) is 0.782. The van der Waals surface area contributed by atoms with Crippen molar-refractivity contribution in [2.45, 2.75) is 44.2 Å². The molecule has 2 atom stereocenters. The average Bonchev–Trinajstić information content (AvgIpc) is 3.10. The van der Waals surface area contributed by atoms with Crippen molar-refractivity contribution in [3.05, 3.63) is 17.0 Å². The fraction of sp³-hybridized carbons (Fsp3) is 0.667. The third-order valence-corrected chi connectivity index (χ3v) is 4.63. The number of aromatic nitrogens is 2. The lowest BCUT2D eigenvalue weighted by Crippen LogP contribution is -2.37. The number of aryl methyl sites for hydroxylation is 1. The first-order valence-electron chi connectivity index (χ1n) is 7.75. The lowest BCUT2D eigenvalue weighted by Gasteiger charge is -2.15. The van der Waals surface area contributed by atoms with Crippen LogP contribution in [-0.4, -0.2) is 59.8 Å². The van der Waals surface area contributed by atoms with Crippen LogP contribution in [0.25, 0.3) is 0 Å². The maximum absolute atomic E-state index is 12.5. The Hall–Kier alpha value is -1.89. The molecule has 1 aliphatic heterocycles. The van der Waals surface area contributed by atoms with Crippen molar-refractivity contribution in [1.82, 2.24) is 20.4 Å². The van der Waals surface area contributed by atoms with Crippen molar-refractivity contribution in [3.8, 4) is 0 Å². The molecule has 1 aromatic rings. The first-order valence-corrected chi connectivity index (χ1v) is 7.75. The molecule has 0 spiro atoms. The molecule has 1 amide bonds. The number of hydrogen-bond donors (Lipinski definition) is 2. The standard InChI is InChI=1S/C15H22N4O3/c1-19-8-9(7-12(19)15(21)22-2)16-14(20)13-10-5-3-4-6-11(10)17-18-13/h9,12H,3-8H2,1-2H3,(H,16,20)(H,17,18)/t9-,12+/m1/s1. The van der Waals surface area contributed by atoms with Crippen LogP contribution in [0.3, 0.4) is 0 Å². The number of H-pyrrole nitrogens is 1. The van der Waals surface area contributed by atoms with Gasteiger partial charge in [-0.3, -0.25) is 19.6 Å². The zero-order valence-corrected chi connectivity index (χ0v) is 13.0. The minimum Gasteiger partial charge on any atom is -0.468 e. The number of rotatable bonds is 3. The Bertz CT molecular complexity index is 583. The molecular formula is C15H22N4O3. The van der Waals surface area contributed by atoms with Gasteiger partial charge in [0.05, 0.1) is 7.11 Å². The molecule has 7 nitrogen and oxygen atoms in total. The number of methoxy groups -OCH3 is 1. The molecule has 120 valence electrons. The summed E-state index contributed by atoms with van der Waals surface area (Å²) >= 11 is 0. The first-order chi connectivity index (χ1) is 10.6. The second-order valence-electron chi connectivity index (χ2n) is 6.12. The number of carbonyl (C=O) groups is 2. The number of aromatic amines is 1. The van der Waals surface area contributed by atoms with Crippen molar-refractivity contribution >= 4 is 11.9 Å². The Morgan fingerprint density at radius 3 is 2.91 bits per heavy atom. The third kappa shape index (κ3) is 2.72. The first kappa shape index (κ1) is 15.0. The van der Waals surface area contributed by atoms with Gasteiger partial charge in [-0.15, -0.1) is 0 Å². The average molecular weight is 306 g/mol. The van der Waals surface area contributed by atoms with E-state index in [4.69, 9.17) is 4.74 Å². The Morgan fingerprint density at radius 1 is 1.36 bits per heavy atom. The van der Waals surface area contributed by atoms with Gasteiger partial charge in [0.1, 0.15) is 6.04 Å². The highest BCUT2D eigenvalue weighted by molar-refractivity contribution is 5.94. The highest BCUT2D eigenvalue weighted by atomic mass is 16.5. The minimum atomic E-state index is -0.289.